The van der Waals surface area contributed by atoms with Gasteiger partial charge in [-0.3, -0.25) is 0 Å². The highest BCUT2D eigenvalue weighted by atomic mass is 16.3. The first-order valence-corrected chi connectivity index (χ1v) is 19.4. The molecule has 57 heavy (non-hydrogen) atoms. The Bertz CT molecular complexity index is 3100. The summed E-state index contributed by atoms with van der Waals surface area (Å²) in [5, 5.41) is 4.74. The number of hydrogen-bond acceptors (Lipinski definition) is 2. The molecule has 0 spiro atoms. The van der Waals surface area contributed by atoms with Gasteiger partial charge in [0.15, 0.2) is 0 Å². The fourth-order valence-electron chi connectivity index (χ4n) is 8.39. The minimum Gasteiger partial charge on any atom is -0.456 e. The van der Waals surface area contributed by atoms with Crippen molar-refractivity contribution in [3.63, 3.8) is 0 Å². The molecule has 11 rings (SSSR count). The molecule has 0 bridgehead atoms. The van der Waals surface area contributed by atoms with Crippen LogP contribution in [0, 0.1) is 0 Å². The largest absolute Gasteiger partial charge is 0.456 e. The molecule has 0 aliphatic heterocycles. The zero-order valence-electron chi connectivity index (χ0n) is 31.1. The number of benzene rings is 9. The van der Waals surface area contributed by atoms with Crippen molar-refractivity contribution in [2.45, 2.75) is 0 Å². The van der Waals surface area contributed by atoms with E-state index in [0.717, 1.165) is 61.3 Å². The highest BCUT2D eigenvalue weighted by molar-refractivity contribution is 6.17. The predicted molar refractivity (Wildman–Crippen MR) is 239 cm³/mol. The first-order valence-electron chi connectivity index (χ1n) is 19.4. The van der Waals surface area contributed by atoms with Gasteiger partial charge in [0, 0.05) is 50.4 Å². The van der Waals surface area contributed by atoms with Gasteiger partial charge in [-0.25, -0.2) is 0 Å². The van der Waals surface area contributed by atoms with Crippen LogP contribution in [-0.4, -0.2) is 4.57 Å². The molecular weight excluding hydrogens is 693 g/mol. The van der Waals surface area contributed by atoms with Gasteiger partial charge in [0.25, 0.3) is 0 Å². The minimum absolute atomic E-state index is 0.901. The maximum absolute atomic E-state index is 6.34. The van der Waals surface area contributed by atoms with Crippen molar-refractivity contribution in [1.82, 2.24) is 4.57 Å². The van der Waals surface area contributed by atoms with Gasteiger partial charge in [-0.05, 0) is 100 Å². The van der Waals surface area contributed by atoms with E-state index in [4.69, 9.17) is 4.42 Å². The van der Waals surface area contributed by atoms with Crippen LogP contribution in [0.1, 0.15) is 0 Å². The molecule has 0 aliphatic rings. The molecule has 2 heterocycles. The first kappa shape index (κ1) is 32.8. The van der Waals surface area contributed by atoms with Gasteiger partial charge in [-0.15, -0.1) is 0 Å². The second-order valence-electron chi connectivity index (χ2n) is 14.6. The molecule has 0 aliphatic carbocycles. The zero-order valence-corrected chi connectivity index (χ0v) is 31.1. The second kappa shape index (κ2) is 13.6. The van der Waals surface area contributed by atoms with Gasteiger partial charge < -0.3 is 13.9 Å². The summed E-state index contributed by atoms with van der Waals surface area (Å²) in [6.45, 7) is 0. The van der Waals surface area contributed by atoms with Gasteiger partial charge in [-0.2, -0.15) is 0 Å². The van der Waals surface area contributed by atoms with Crippen molar-refractivity contribution in [2.24, 2.45) is 0 Å². The molecule has 268 valence electrons. The Hall–Kier alpha value is -7.62. The second-order valence-corrected chi connectivity index (χ2v) is 14.6. The van der Waals surface area contributed by atoms with Gasteiger partial charge in [0.1, 0.15) is 11.2 Å². The summed E-state index contributed by atoms with van der Waals surface area (Å²) in [5.41, 5.74) is 15.7. The number of fused-ring (bicyclic) bond motifs is 6. The zero-order chi connectivity index (χ0) is 37.7. The average molecular weight is 729 g/mol. The van der Waals surface area contributed by atoms with E-state index < -0.39 is 0 Å². The molecule has 0 amide bonds. The van der Waals surface area contributed by atoms with Crippen LogP contribution in [0.2, 0.25) is 0 Å². The maximum Gasteiger partial charge on any atom is 0.137 e. The van der Waals surface area contributed by atoms with Gasteiger partial charge >= 0.3 is 0 Å². The molecule has 9 aromatic carbocycles. The van der Waals surface area contributed by atoms with Crippen LogP contribution in [0.3, 0.4) is 0 Å². The number of para-hydroxylation sites is 2. The van der Waals surface area contributed by atoms with Crippen molar-refractivity contribution in [2.75, 3.05) is 4.90 Å². The van der Waals surface area contributed by atoms with E-state index >= 15 is 0 Å². The Morgan fingerprint density at radius 2 is 0.737 bits per heavy atom. The predicted octanol–water partition coefficient (Wildman–Crippen LogP) is 15.2. The summed E-state index contributed by atoms with van der Waals surface area (Å²) >= 11 is 0. The summed E-state index contributed by atoms with van der Waals surface area (Å²) in [6.07, 6.45) is 0. The topological polar surface area (TPSA) is 21.3 Å². The molecule has 2 aromatic heterocycles. The summed E-state index contributed by atoms with van der Waals surface area (Å²) in [7, 11) is 0. The van der Waals surface area contributed by atoms with Crippen LogP contribution in [0.4, 0.5) is 17.1 Å². The van der Waals surface area contributed by atoms with E-state index in [0.29, 0.717) is 0 Å². The van der Waals surface area contributed by atoms with E-state index in [1.54, 1.807) is 0 Å². The normalized spacial score (nSPS) is 11.5. The molecule has 0 saturated carbocycles. The quantitative estimate of drug-likeness (QED) is 0.163. The lowest BCUT2D eigenvalue weighted by Crippen LogP contribution is -2.09. The molecule has 0 N–H and O–H groups in total. The SMILES string of the molecule is c1ccc(-c2ccc(N(c3ccc(-c4ccccc4)cc3)c3ccc(-c4ccc(-n5c6ccccc6c6cc7c(cc65)oc5ccccc57)cc4)cc3)cc2)cc1. The summed E-state index contributed by atoms with van der Waals surface area (Å²) in [6, 6.07) is 78.1. The summed E-state index contributed by atoms with van der Waals surface area (Å²) in [4.78, 5) is 2.33. The van der Waals surface area contributed by atoms with Gasteiger partial charge in [-0.1, -0.05) is 146 Å². The van der Waals surface area contributed by atoms with Crippen molar-refractivity contribution in [1.29, 1.82) is 0 Å². The minimum atomic E-state index is 0.901. The number of anilines is 3. The Morgan fingerprint density at radius 3 is 1.28 bits per heavy atom. The summed E-state index contributed by atoms with van der Waals surface area (Å²) < 4.78 is 8.69. The molecule has 3 nitrogen and oxygen atoms in total. The monoisotopic (exact) mass is 728 g/mol. The number of nitrogens with zero attached hydrogens (tertiary/aromatic N) is 2. The van der Waals surface area contributed by atoms with Gasteiger partial charge in [0.05, 0.1) is 11.0 Å². The van der Waals surface area contributed by atoms with Gasteiger partial charge in [0.2, 0.25) is 0 Å². The van der Waals surface area contributed by atoms with Crippen molar-refractivity contribution in [3.8, 4) is 39.1 Å². The number of aromatic nitrogens is 1. The summed E-state index contributed by atoms with van der Waals surface area (Å²) in [5.74, 6) is 0. The molecular formula is C54H36N2O. The Morgan fingerprint density at radius 1 is 0.298 bits per heavy atom. The molecule has 0 unspecified atom stereocenters. The van der Waals surface area contributed by atoms with Crippen molar-refractivity contribution < 1.29 is 4.42 Å². The van der Waals surface area contributed by atoms with Crippen LogP contribution in [-0.2, 0) is 0 Å². The number of rotatable bonds is 7. The molecule has 3 heteroatoms. The Labute approximate surface area is 330 Å². The smallest absolute Gasteiger partial charge is 0.137 e. The lowest BCUT2D eigenvalue weighted by atomic mass is 10.0. The standard InChI is InChI=1S/C54H36N2O/c1-3-11-37(12-4-1)39-19-27-43(28-20-39)55(44-29-21-40(22-30-44)38-13-5-2-6-14-38)45-31-23-41(24-32-45)42-25-33-46(34-26-42)56-51-17-9-7-15-47(51)49-35-50-48-16-8-10-18-53(48)57-54(50)36-52(49)56/h1-36H. The highest BCUT2D eigenvalue weighted by Gasteiger charge is 2.17. The Kier molecular flexibility index (Phi) is 7.82. The maximum atomic E-state index is 6.34. The van der Waals surface area contributed by atoms with E-state index in [2.05, 4.69) is 216 Å². The third-order valence-electron chi connectivity index (χ3n) is 11.2. The molecule has 0 atom stereocenters. The fraction of sp³-hybridized carbons (Fsp3) is 0. The van der Waals surface area contributed by atoms with Crippen LogP contribution in [0.25, 0.3) is 82.8 Å². The van der Waals surface area contributed by atoms with E-state index in [-0.39, 0.29) is 0 Å². The highest BCUT2D eigenvalue weighted by Crippen LogP contribution is 2.40. The molecule has 0 saturated heterocycles. The van der Waals surface area contributed by atoms with Crippen LogP contribution in [0.5, 0.6) is 0 Å². The molecule has 0 radical (unpaired) electrons. The van der Waals surface area contributed by atoms with Crippen LogP contribution in [0.15, 0.2) is 223 Å². The van der Waals surface area contributed by atoms with E-state index in [1.807, 2.05) is 12.1 Å². The lowest BCUT2D eigenvalue weighted by molar-refractivity contribution is 0.669. The molecule has 11 aromatic rings. The first-order chi connectivity index (χ1) is 28.2. The van der Waals surface area contributed by atoms with Crippen LogP contribution < -0.4 is 4.90 Å². The van der Waals surface area contributed by atoms with Crippen molar-refractivity contribution in [3.05, 3.63) is 218 Å². The van der Waals surface area contributed by atoms with E-state index in [1.165, 1.54) is 38.5 Å². The fourth-order valence-corrected chi connectivity index (χ4v) is 8.39. The van der Waals surface area contributed by atoms with Crippen molar-refractivity contribution >= 4 is 60.8 Å². The average Bonchev–Trinajstić information content (AvgIpc) is 3.82. The lowest BCUT2D eigenvalue weighted by Gasteiger charge is -2.26. The third kappa shape index (κ3) is 5.76. The van der Waals surface area contributed by atoms with Crippen LogP contribution >= 0.6 is 0 Å². The third-order valence-corrected chi connectivity index (χ3v) is 11.2. The molecule has 0 fully saturated rings. The number of hydrogen-bond donors (Lipinski definition) is 0. The Balaban J connectivity index is 0.945. The van der Waals surface area contributed by atoms with E-state index in [9.17, 15) is 0 Å². The number of furan rings is 1.